The molecule has 2 rings (SSSR count). The minimum Gasteiger partial charge on any atom is -0.370 e. The minimum atomic E-state index is -0.356. The molecule has 1 saturated heterocycles. The Morgan fingerprint density at radius 1 is 1.40 bits per heavy atom. The molecule has 2 nitrogen and oxygen atoms in total. The Bertz CT molecular complexity index is 338. The van der Waals surface area contributed by atoms with E-state index in [1.807, 2.05) is 6.92 Å². The molecule has 0 radical (unpaired) electrons. The fourth-order valence-electron chi connectivity index (χ4n) is 2.10. The third kappa shape index (κ3) is 2.19. The number of nitrogens with two attached hydrogens (primary N) is 1. The van der Waals surface area contributed by atoms with Crippen molar-refractivity contribution < 1.29 is 9.13 Å². The van der Waals surface area contributed by atoms with Gasteiger partial charge in [0, 0.05) is 12.6 Å². The maximum absolute atomic E-state index is 12.8. The monoisotopic (exact) mass is 209 g/mol. The first-order valence-corrected chi connectivity index (χ1v) is 5.26. The SMILES string of the molecule is CC1(c2ccc(F)cc2)CC(N)CCO1. The van der Waals surface area contributed by atoms with Crippen LogP contribution in [0.1, 0.15) is 25.3 Å². The Hall–Kier alpha value is -0.930. The van der Waals surface area contributed by atoms with Gasteiger partial charge in [-0.3, -0.25) is 0 Å². The van der Waals surface area contributed by atoms with Crippen LogP contribution in [-0.4, -0.2) is 12.6 Å². The van der Waals surface area contributed by atoms with Crippen LogP contribution in [0.3, 0.4) is 0 Å². The fourth-order valence-corrected chi connectivity index (χ4v) is 2.10. The van der Waals surface area contributed by atoms with Gasteiger partial charge in [0.25, 0.3) is 0 Å². The van der Waals surface area contributed by atoms with Crippen molar-refractivity contribution >= 4 is 0 Å². The van der Waals surface area contributed by atoms with Crippen LogP contribution in [0.15, 0.2) is 24.3 Å². The number of rotatable bonds is 1. The van der Waals surface area contributed by atoms with Crippen molar-refractivity contribution in [1.82, 2.24) is 0 Å². The number of hydrogen-bond donors (Lipinski definition) is 1. The Kier molecular flexibility index (Phi) is 2.76. The highest BCUT2D eigenvalue weighted by Gasteiger charge is 2.33. The molecule has 2 N–H and O–H groups in total. The van der Waals surface area contributed by atoms with Crippen LogP contribution in [0.4, 0.5) is 4.39 Å². The van der Waals surface area contributed by atoms with Crippen molar-refractivity contribution in [2.75, 3.05) is 6.61 Å². The zero-order valence-corrected chi connectivity index (χ0v) is 8.87. The molecule has 0 aromatic heterocycles. The highest BCUT2D eigenvalue weighted by molar-refractivity contribution is 5.23. The van der Waals surface area contributed by atoms with Crippen molar-refractivity contribution in [3.63, 3.8) is 0 Å². The highest BCUT2D eigenvalue weighted by Crippen LogP contribution is 2.34. The molecule has 2 atom stereocenters. The second-order valence-corrected chi connectivity index (χ2v) is 4.34. The van der Waals surface area contributed by atoms with E-state index in [1.54, 1.807) is 12.1 Å². The first-order valence-electron chi connectivity index (χ1n) is 5.26. The van der Waals surface area contributed by atoms with Gasteiger partial charge < -0.3 is 10.5 Å². The van der Waals surface area contributed by atoms with E-state index in [2.05, 4.69) is 0 Å². The Morgan fingerprint density at radius 3 is 2.67 bits per heavy atom. The summed E-state index contributed by atoms with van der Waals surface area (Å²) < 4.78 is 18.5. The van der Waals surface area contributed by atoms with E-state index in [1.165, 1.54) is 12.1 Å². The Balaban J connectivity index is 2.24. The summed E-state index contributed by atoms with van der Waals surface area (Å²) in [4.78, 5) is 0. The van der Waals surface area contributed by atoms with Gasteiger partial charge in [-0.25, -0.2) is 4.39 Å². The molecule has 15 heavy (non-hydrogen) atoms. The zero-order valence-electron chi connectivity index (χ0n) is 8.87. The molecule has 1 fully saturated rings. The van der Waals surface area contributed by atoms with Crippen LogP contribution in [0.25, 0.3) is 0 Å². The summed E-state index contributed by atoms with van der Waals surface area (Å²) >= 11 is 0. The third-order valence-corrected chi connectivity index (χ3v) is 3.02. The summed E-state index contributed by atoms with van der Waals surface area (Å²) in [5.41, 5.74) is 6.57. The molecule has 1 aromatic carbocycles. The molecule has 0 aliphatic carbocycles. The summed E-state index contributed by atoms with van der Waals surface area (Å²) in [6.45, 7) is 2.69. The van der Waals surface area contributed by atoms with E-state index in [0.717, 1.165) is 18.4 Å². The first-order chi connectivity index (χ1) is 7.10. The van der Waals surface area contributed by atoms with Crippen LogP contribution in [0.2, 0.25) is 0 Å². The standard InChI is InChI=1S/C12H16FNO/c1-12(8-11(14)6-7-15-12)9-2-4-10(13)5-3-9/h2-5,11H,6-8,14H2,1H3. The van der Waals surface area contributed by atoms with E-state index in [0.29, 0.717) is 6.61 Å². The lowest BCUT2D eigenvalue weighted by Gasteiger charge is -2.37. The van der Waals surface area contributed by atoms with Gasteiger partial charge in [0.05, 0.1) is 5.60 Å². The molecular weight excluding hydrogens is 193 g/mol. The Labute approximate surface area is 89.2 Å². The second-order valence-electron chi connectivity index (χ2n) is 4.34. The van der Waals surface area contributed by atoms with Crippen molar-refractivity contribution in [3.8, 4) is 0 Å². The lowest BCUT2D eigenvalue weighted by atomic mass is 9.86. The lowest BCUT2D eigenvalue weighted by Crippen LogP contribution is -2.40. The van der Waals surface area contributed by atoms with E-state index in [4.69, 9.17) is 10.5 Å². The van der Waals surface area contributed by atoms with Gasteiger partial charge in [-0.2, -0.15) is 0 Å². The molecule has 1 aromatic rings. The highest BCUT2D eigenvalue weighted by atomic mass is 19.1. The maximum Gasteiger partial charge on any atom is 0.123 e. The average molecular weight is 209 g/mol. The van der Waals surface area contributed by atoms with Crippen LogP contribution >= 0.6 is 0 Å². The molecule has 1 heterocycles. The zero-order chi connectivity index (χ0) is 10.9. The summed E-state index contributed by atoms with van der Waals surface area (Å²) in [5, 5.41) is 0. The molecule has 3 heteroatoms. The molecule has 0 spiro atoms. The van der Waals surface area contributed by atoms with Crippen LogP contribution in [-0.2, 0) is 10.3 Å². The van der Waals surface area contributed by atoms with Gasteiger partial charge in [-0.05, 0) is 37.5 Å². The lowest BCUT2D eigenvalue weighted by molar-refractivity contribution is -0.0766. The van der Waals surface area contributed by atoms with Crippen LogP contribution in [0.5, 0.6) is 0 Å². The molecule has 1 aliphatic heterocycles. The predicted molar refractivity (Wildman–Crippen MR) is 56.9 cm³/mol. The molecule has 0 bridgehead atoms. The molecule has 2 unspecified atom stereocenters. The topological polar surface area (TPSA) is 35.2 Å². The quantitative estimate of drug-likeness (QED) is 0.769. The van der Waals surface area contributed by atoms with Crippen molar-refractivity contribution in [1.29, 1.82) is 0 Å². The number of hydrogen-bond acceptors (Lipinski definition) is 2. The number of benzene rings is 1. The van der Waals surface area contributed by atoms with E-state index < -0.39 is 0 Å². The molecule has 82 valence electrons. The molecule has 0 amide bonds. The predicted octanol–water partition coefficient (Wildman–Crippen LogP) is 2.18. The fraction of sp³-hybridized carbons (Fsp3) is 0.500. The second kappa shape index (κ2) is 3.91. The van der Waals surface area contributed by atoms with Gasteiger partial charge in [0.2, 0.25) is 0 Å². The van der Waals surface area contributed by atoms with Gasteiger partial charge in [-0.15, -0.1) is 0 Å². The first kappa shape index (κ1) is 10.6. The molecule has 1 aliphatic rings. The number of ether oxygens (including phenoxy) is 1. The summed E-state index contributed by atoms with van der Waals surface area (Å²) in [6.07, 6.45) is 1.69. The summed E-state index contributed by atoms with van der Waals surface area (Å²) in [7, 11) is 0. The average Bonchev–Trinajstić information content (AvgIpc) is 2.18. The van der Waals surface area contributed by atoms with Crippen molar-refractivity contribution in [3.05, 3.63) is 35.6 Å². The van der Waals surface area contributed by atoms with Crippen LogP contribution in [0, 0.1) is 5.82 Å². The van der Waals surface area contributed by atoms with Gasteiger partial charge >= 0.3 is 0 Å². The number of halogens is 1. The van der Waals surface area contributed by atoms with E-state index >= 15 is 0 Å². The maximum atomic E-state index is 12.8. The van der Waals surface area contributed by atoms with Crippen LogP contribution < -0.4 is 5.73 Å². The minimum absolute atomic E-state index is 0.175. The third-order valence-electron chi connectivity index (χ3n) is 3.02. The summed E-state index contributed by atoms with van der Waals surface area (Å²) in [5.74, 6) is -0.220. The van der Waals surface area contributed by atoms with E-state index in [-0.39, 0.29) is 17.5 Å². The normalized spacial score (nSPS) is 31.5. The Morgan fingerprint density at radius 2 is 2.07 bits per heavy atom. The molecule has 0 saturated carbocycles. The smallest absolute Gasteiger partial charge is 0.123 e. The largest absolute Gasteiger partial charge is 0.370 e. The molecular formula is C12H16FNO. The van der Waals surface area contributed by atoms with Gasteiger partial charge in [0.1, 0.15) is 5.82 Å². The van der Waals surface area contributed by atoms with Gasteiger partial charge in [-0.1, -0.05) is 12.1 Å². The van der Waals surface area contributed by atoms with Crippen molar-refractivity contribution in [2.45, 2.75) is 31.4 Å². The van der Waals surface area contributed by atoms with Crippen molar-refractivity contribution in [2.24, 2.45) is 5.73 Å². The van der Waals surface area contributed by atoms with Gasteiger partial charge in [0.15, 0.2) is 0 Å². The summed E-state index contributed by atoms with van der Waals surface area (Å²) in [6, 6.07) is 6.64. The van der Waals surface area contributed by atoms with E-state index in [9.17, 15) is 4.39 Å².